The lowest BCUT2D eigenvalue weighted by atomic mass is 10.2. The molecule has 3 nitrogen and oxygen atoms in total. The average Bonchev–Trinajstić information content (AvgIpc) is 2.63. The first-order valence-electron chi connectivity index (χ1n) is 4.43. The van der Waals surface area contributed by atoms with E-state index < -0.39 is 0 Å². The van der Waals surface area contributed by atoms with E-state index in [1.165, 1.54) is 0 Å². The van der Waals surface area contributed by atoms with Crippen molar-refractivity contribution in [3.05, 3.63) is 44.4 Å². The number of halogens is 2. The highest BCUT2D eigenvalue weighted by Gasteiger charge is 1.97. The molecule has 0 saturated carbocycles. The summed E-state index contributed by atoms with van der Waals surface area (Å²) < 4.78 is 0.418. The number of aromatic nitrogens is 3. The Hall–Kier alpha value is -1.10. The molecule has 0 bridgehead atoms. The van der Waals surface area contributed by atoms with Crippen LogP contribution in [0.1, 0.15) is 11.4 Å². The minimum absolute atomic E-state index is 0.418. The van der Waals surface area contributed by atoms with Gasteiger partial charge in [-0.25, -0.2) is 4.98 Å². The van der Waals surface area contributed by atoms with E-state index in [2.05, 4.69) is 15.2 Å². The summed E-state index contributed by atoms with van der Waals surface area (Å²) in [5.41, 5.74) is 0.869. The first-order valence-corrected chi connectivity index (χ1v) is 5.59. The molecule has 0 spiro atoms. The van der Waals surface area contributed by atoms with Crippen molar-refractivity contribution in [2.24, 2.45) is 0 Å². The van der Waals surface area contributed by atoms with Gasteiger partial charge in [0.1, 0.15) is 5.82 Å². The third-order valence-electron chi connectivity index (χ3n) is 1.90. The van der Waals surface area contributed by atoms with Crippen LogP contribution in [0.25, 0.3) is 12.2 Å². The average molecular weight is 272 g/mol. The molecule has 2 aromatic rings. The molecule has 1 heterocycles. The second-order valence-corrected chi connectivity index (χ2v) is 4.28. The molecule has 82 valence electrons. The summed E-state index contributed by atoms with van der Waals surface area (Å²) in [6, 6.07) is 5.30. The summed E-state index contributed by atoms with van der Waals surface area (Å²) >= 11 is 16.6. The Kier molecular flexibility index (Phi) is 3.43. The van der Waals surface area contributed by atoms with Gasteiger partial charge in [0, 0.05) is 10.0 Å². The summed E-state index contributed by atoms with van der Waals surface area (Å²) in [5.74, 6) is 0.649. The Balaban J connectivity index is 2.27. The van der Waals surface area contributed by atoms with Gasteiger partial charge < -0.3 is 0 Å². The lowest BCUT2D eigenvalue weighted by Crippen LogP contribution is -1.77. The van der Waals surface area contributed by atoms with E-state index in [9.17, 15) is 0 Å². The van der Waals surface area contributed by atoms with Crippen molar-refractivity contribution in [3.63, 3.8) is 0 Å². The molecule has 2 N–H and O–H groups in total. The number of nitrogens with zero attached hydrogens (tertiary/aromatic N) is 1. The monoisotopic (exact) mass is 271 g/mol. The van der Waals surface area contributed by atoms with Gasteiger partial charge >= 0.3 is 0 Å². The van der Waals surface area contributed by atoms with Crippen LogP contribution in [0.4, 0.5) is 0 Å². The van der Waals surface area contributed by atoms with E-state index in [4.69, 9.17) is 35.4 Å². The van der Waals surface area contributed by atoms with Crippen molar-refractivity contribution >= 4 is 47.6 Å². The van der Waals surface area contributed by atoms with Crippen molar-refractivity contribution < 1.29 is 0 Å². The van der Waals surface area contributed by atoms with Crippen LogP contribution >= 0.6 is 35.4 Å². The molecule has 0 aliphatic rings. The first kappa shape index (κ1) is 11.4. The van der Waals surface area contributed by atoms with Crippen molar-refractivity contribution in [2.45, 2.75) is 0 Å². The lowest BCUT2D eigenvalue weighted by Gasteiger charge is -1.97. The highest BCUT2D eigenvalue weighted by molar-refractivity contribution is 7.71. The fourth-order valence-electron chi connectivity index (χ4n) is 1.17. The van der Waals surface area contributed by atoms with Crippen molar-refractivity contribution in [1.82, 2.24) is 15.2 Å². The molecule has 0 radical (unpaired) electrons. The molecule has 1 aromatic heterocycles. The molecule has 0 aliphatic heterocycles. The number of aromatic amines is 2. The summed E-state index contributed by atoms with van der Waals surface area (Å²) in [6.45, 7) is 0. The first-order chi connectivity index (χ1) is 7.65. The van der Waals surface area contributed by atoms with E-state index in [0.29, 0.717) is 20.6 Å². The Morgan fingerprint density at radius 3 is 2.62 bits per heavy atom. The Morgan fingerprint density at radius 2 is 2.00 bits per heavy atom. The summed E-state index contributed by atoms with van der Waals surface area (Å²) in [4.78, 5) is 4.02. The maximum Gasteiger partial charge on any atom is 0.213 e. The number of hydrogen-bond donors (Lipinski definition) is 2. The second kappa shape index (κ2) is 4.82. The molecule has 0 amide bonds. The normalized spacial score (nSPS) is 11.1. The molecule has 16 heavy (non-hydrogen) atoms. The standard InChI is InChI=1S/C10H7Cl2N3S/c11-7-3-1-6(8(12)5-7)2-4-9-13-10(16)15-14-9/h1-5H,(H2,13,14,15,16)/b4-2+. The number of rotatable bonds is 2. The number of hydrogen-bond acceptors (Lipinski definition) is 2. The topological polar surface area (TPSA) is 44.5 Å². The quantitative estimate of drug-likeness (QED) is 0.813. The maximum absolute atomic E-state index is 6.01. The van der Waals surface area contributed by atoms with Crippen LogP contribution in [-0.2, 0) is 0 Å². The fourth-order valence-corrected chi connectivity index (χ4v) is 1.79. The molecular formula is C10H7Cl2N3S. The Bertz CT molecular complexity index is 586. The lowest BCUT2D eigenvalue weighted by molar-refractivity contribution is 1.07. The minimum atomic E-state index is 0.418. The van der Waals surface area contributed by atoms with Crippen LogP contribution in [0.3, 0.4) is 0 Å². The summed E-state index contributed by atoms with van der Waals surface area (Å²) in [5, 5.41) is 6.72. The molecule has 0 aliphatic carbocycles. The highest BCUT2D eigenvalue weighted by Crippen LogP contribution is 2.22. The molecule has 0 saturated heterocycles. The van der Waals surface area contributed by atoms with Gasteiger partial charge in [0.05, 0.1) is 0 Å². The molecule has 2 rings (SSSR count). The van der Waals surface area contributed by atoms with Gasteiger partial charge in [-0.05, 0) is 42.1 Å². The zero-order valence-electron chi connectivity index (χ0n) is 8.00. The maximum atomic E-state index is 6.01. The zero-order valence-corrected chi connectivity index (χ0v) is 10.3. The van der Waals surface area contributed by atoms with Gasteiger partial charge in [-0.1, -0.05) is 29.3 Å². The summed E-state index contributed by atoms with van der Waals surface area (Å²) in [6.07, 6.45) is 3.61. The van der Waals surface area contributed by atoms with Gasteiger partial charge in [0.15, 0.2) is 0 Å². The Labute approximate surface area is 107 Å². The third kappa shape index (κ3) is 2.72. The van der Waals surface area contributed by atoms with Crippen molar-refractivity contribution in [1.29, 1.82) is 0 Å². The zero-order chi connectivity index (χ0) is 11.5. The molecule has 0 fully saturated rings. The van der Waals surface area contributed by atoms with Gasteiger partial charge in [0.25, 0.3) is 0 Å². The van der Waals surface area contributed by atoms with Crippen LogP contribution in [0.15, 0.2) is 18.2 Å². The fraction of sp³-hybridized carbons (Fsp3) is 0. The van der Waals surface area contributed by atoms with Crippen LogP contribution in [0.5, 0.6) is 0 Å². The smallest absolute Gasteiger partial charge is 0.213 e. The SMILES string of the molecule is S=c1nc(/C=C/c2ccc(Cl)cc2Cl)[nH][nH]1. The van der Waals surface area contributed by atoms with Gasteiger partial charge in [-0.2, -0.15) is 0 Å². The minimum Gasteiger partial charge on any atom is -0.282 e. The van der Waals surface area contributed by atoms with Gasteiger partial charge in [-0.15, -0.1) is 0 Å². The molecular weight excluding hydrogens is 265 g/mol. The van der Waals surface area contributed by atoms with Crippen molar-refractivity contribution in [3.8, 4) is 0 Å². The third-order valence-corrected chi connectivity index (χ3v) is 2.66. The van der Waals surface area contributed by atoms with Gasteiger partial charge in [0.2, 0.25) is 4.77 Å². The predicted molar refractivity (Wildman–Crippen MR) is 69.2 cm³/mol. The van der Waals surface area contributed by atoms with E-state index in [1.807, 2.05) is 12.1 Å². The van der Waals surface area contributed by atoms with E-state index in [-0.39, 0.29) is 0 Å². The molecule has 0 atom stereocenters. The second-order valence-electron chi connectivity index (χ2n) is 3.05. The van der Waals surface area contributed by atoms with Crippen LogP contribution in [0, 0.1) is 4.77 Å². The largest absolute Gasteiger partial charge is 0.282 e. The predicted octanol–water partition coefficient (Wildman–Crippen LogP) is 3.94. The number of benzene rings is 1. The van der Waals surface area contributed by atoms with Gasteiger partial charge in [-0.3, -0.25) is 10.2 Å². The van der Waals surface area contributed by atoms with E-state index in [1.54, 1.807) is 18.2 Å². The summed E-state index contributed by atoms with van der Waals surface area (Å²) in [7, 11) is 0. The molecule has 6 heteroatoms. The van der Waals surface area contributed by atoms with Crippen molar-refractivity contribution in [2.75, 3.05) is 0 Å². The highest BCUT2D eigenvalue weighted by atomic mass is 35.5. The number of H-pyrrole nitrogens is 2. The van der Waals surface area contributed by atoms with Crippen LogP contribution < -0.4 is 0 Å². The van der Waals surface area contributed by atoms with Crippen LogP contribution in [0.2, 0.25) is 10.0 Å². The number of nitrogens with one attached hydrogen (secondary N) is 2. The van der Waals surface area contributed by atoms with Crippen LogP contribution in [-0.4, -0.2) is 15.2 Å². The van der Waals surface area contributed by atoms with E-state index >= 15 is 0 Å². The van der Waals surface area contributed by atoms with E-state index in [0.717, 1.165) is 5.56 Å². The molecule has 1 aromatic carbocycles. The Morgan fingerprint density at radius 1 is 1.19 bits per heavy atom. The molecule has 0 unspecified atom stereocenters.